The summed E-state index contributed by atoms with van der Waals surface area (Å²) in [5.41, 5.74) is 9.20. The predicted molar refractivity (Wildman–Crippen MR) is 74.3 cm³/mol. The minimum absolute atomic E-state index is 0.493. The number of aromatic nitrogens is 1. The average Bonchev–Trinajstić information content (AvgIpc) is 2.71. The molecule has 0 aliphatic heterocycles. The van der Waals surface area contributed by atoms with Gasteiger partial charge in [-0.25, -0.2) is 0 Å². The first-order valence-electron chi connectivity index (χ1n) is 6.53. The van der Waals surface area contributed by atoms with Crippen molar-refractivity contribution in [3.05, 3.63) is 35.6 Å². The van der Waals surface area contributed by atoms with Crippen LogP contribution in [0.5, 0.6) is 0 Å². The maximum absolute atomic E-state index is 5.92. The van der Waals surface area contributed by atoms with E-state index < -0.39 is 0 Å². The van der Waals surface area contributed by atoms with Crippen LogP contribution in [-0.4, -0.2) is 5.16 Å². The molecular formula is C15H20N2O. The van der Waals surface area contributed by atoms with Crippen molar-refractivity contribution in [3.63, 3.8) is 0 Å². The summed E-state index contributed by atoms with van der Waals surface area (Å²) in [6, 6.07) is 8.28. The molecule has 0 saturated heterocycles. The van der Waals surface area contributed by atoms with E-state index >= 15 is 0 Å². The van der Waals surface area contributed by atoms with Gasteiger partial charge in [0.1, 0.15) is 5.76 Å². The fourth-order valence-electron chi connectivity index (χ4n) is 2.15. The van der Waals surface area contributed by atoms with Gasteiger partial charge in [0.15, 0.2) is 5.82 Å². The van der Waals surface area contributed by atoms with Crippen LogP contribution in [0.4, 0.5) is 5.82 Å². The second kappa shape index (κ2) is 5.71. The Morgan fingerprint density at radius 1 is 1.28 bits per heavy atom. The van der Waals surface area contributed by atoms with Crippen molar-refractivity contribution in [2.75, 3.05) is 5.73 Å². The lowest BCUT2D eigenvalue weighted by atomic mass is 10.0. The molecular weight excluding hydrogens is 224 g/mol. The van der Waals surface area contributed by atoms with Crippen molar-refractivity contribution < 1.29 is 4.52 Å². The summed E-state index contributed by atoms with van der Waals surface area (Å²) in [5, 5.41) is 3.90. The molecule has 1 aromatic carbocycles. The van der Waals surface area contributed by atoms with Gasteiger partial charge in [-0.15, -0.1) is 0 Å². The van der Waals surface area contributed by atoms with Gasteiger partial charge in [-0.2, -0.15) is 0 Å². The van der Waals surface area contributed by atoms with Crippen LogP contribution >= 0.6 is 0 Å². The van der Waals surface area contributed by atoms with Crippen LogP contribution in [0.2, 0.25) is 0 Å². The number of nitrogen functional groups attached to an aromatic ring is 1. The molecule has 96 valence electrons. The smallest absolute Gasteiger partial charge is 0.175 e. The fourth-order valence-corrected chi connectivity index (χ4v) is 2.15. The highest BCUT2D eigenvalue weighted by molar-refractivity contribution is 5.75. The minimum Gasteiger partial charge on any atom is -0.380 e. The van der Waals surface area contributed by atoms with E-state index in [1.54, 1.807) is 0 Å². The zero-order valence-corrected chi connectivity index (χ0v) is 11.1. The molecule has 0 unspecified atom stereocenters. The molecule has 2 aromatic rings. The zero-order valence-electron chi connectivity index (χ0n) is 11.1. The Bertz CT molecular complexity index is 517. The second-order valence-electron chi connectivity index (χ2n) is 4.69. The number of nitrogens with zero attached hydrogens (tertiary/aromatic N) is 1. The summed E-state index contributed by atoms with van der Waals surface area (Å²) in [7, 11) is 0. The monoisotopic (exact) mass is 244 g/mol. The molecule has 0 bridgehead atoms. The highest BCUT2D eigenvalue weighted by atomic mass is 16.5. The maximum Gasteiger partial charge on any atom is 0.175 e. The first-order chi connectivity index (χ1) is 8.72. The molecule has 2 N–H and O–H groups in total. The highest BCUT2D eigenvalue weighted by Crippen LogP contribution is 2.31. The first kappa shape index (κ1) is 12.7. The molecule has 0 fully saturated rings. The van der Waals surface area contributed by atoms with E-state index in [1.807, 2.05) is 6.07 Å². The lowest BCUT2D eigenvalue weighted by molar-refractivity contribution is 0.382. The van der Waals surface area contributed by atoms with Gasteiger partial charge in [0.2, 0.25) is 0 Å². The summed E-state index contributed by atoms with van der Waals surface area (Å²) in [6.45, 7) is 4.26. The van der Waals surface area contributed by atoms with E-state index in [4.69, 9.17) is 10.3 Å². The van der Waals surface area contributed by atoms with Crippen molar-refractivity contribution in [1.82, 2.24) is 5.16 Å². The molecule has 3 heteroatoms. The van der Waals surface area contributed by atoms with Crippen LogP contribution in [0, 0.1) is 6.92 Å². The van der Waals surface area contributed by atoms with E-state index in [0.717, 1.165) is 29.7 Å². The summed E-state index contributed by atoms with van der Waals surface area (Å²) in [6.07, 6.45) is 4.42. The Morgan fingerprint density at radius 2 is 2.11 bits per heavy atom. The lowest BCUT2D eigenvalue weighted by Crippen LogP contribution is -1.91. The third kappa shape index (κ3) is 2.73. The molecule has 0 amide bonds. The molecule has 18 heavy (non-hydrogen) atoms. The van der Waals surface area contributed by atoms with Gasteiger partial charge < -0.3 is 10.3 Å². The molecule has 0 saturated carbocycles. The van der Waals surface area contributed by atoms with Crippen LogP contribution in [0.15, 0.2) is 28.8 Å². The maximum atomic E-state index is 5.92. The molecule has 1 heterocycles. The third-order valence-corrected chi connectivity index (χ3v) is 3.10. The quantitative estimate of drug-likeness (QED) is 0.810. The molecule has 0 atom stereocenters. The molecule has 0 aliphatic carbocycles. The molecule has 3 nitrogen and oxygen atoms in total. The molecule has 0 spiro atoms. The number of aryl methyl sites for hydroxylation is 2. The topological polar surface area (TPSA) is 52.0 Å². The number of anilines is 1. The Balaban J connectivity index is 2.29. The summed E-state index contributed by atoms with van der Waals surface area (Å²) in [5.74, 6) is 1.40. The number of hydrogen-bond donors (Lipinski definition) is 1. The molecule has 2 rings (SSSR count). The standard InChI is InChI=1S/C15H20N2O/c1-3-4-5-9-13-14(15(16)17-18-13)12-8-6-7-11(2)10-12/h6-8,10H,3-5,9H2,1-2H3,(H2,16,17). The molecule has 0 aliphatic rings. The van der Waals surface area contributed by atoms with Gasteiger partial charge in [0.05, 0.1) is 5.56 Å². The van der Waals surface area contributed by atoms with E-state index in [9.17, 15) is 0 Å². The Kier molecular flexibility index (Phi) is 4.03. The predicted octanol–water partition coefficient (Wildman–Crippen LogP) is 3.96. The Morgan fingerprint density at radius 3 is 2.83 bits per heavy atom. The van der Waals surface area contributed by atoms with Gasteiger partial charge in [0, 0.05) is 6.42 Å². The fraction of sp³-hybridized carbons (Fsp3) is 0.400. The second-order valence-corrected chi connectivity index (χ2v) is 4.69. The van der Waals surface area contributed by atoms with E-state index in [-0.39, 0.29) is 0 Å². The average molecular weight is 244 g/mol. The number of rotatable bonds is 5. The third-order valence-electron chi connectivity index (χ3n) is 3.10. The van der Waals surface area contributed by atoms with Gasteiger partial charge in [0.25, 0.3) is 0 Å². The van der Waals surface area contributed by atoms with Crippen molar-refractivity contribution in [2.45, 2.75) is 39.5 Å². The van der Waals surface area contributed by atoms with Gasteiger partial charge in [-0.05, 0) is 18.9 Å². The Hall–Kier alpha value is -1.77. The van der Waals surface area contributed by atoms with Crippen molar-refractivity contribution >= 4 is 5.82 Å². The lowest BCUT2D eigenvalue weighted by Gasteiger charge is -2.03. The van der Waals surface area contributed by atoms with Gasteiger partial charge >= 0.3 is 0 Å². The zero-order chi connectivity index (χ0) is 13.0. The van der Waals surface area contributed by atoms with Crippen LogP contribution in [0.25, 0.3) is 11.1 Å². The Labute approximate surface area is 108 Å². The first-order valence-corrected chi connectivity index (χ1v) is 6.53. The SMILES string of the molecule is CCCCCc1onc(N)c1-c1cccc(C)c1. The van der Waals surface area contributed by atoms with Gasteiger partial charge in [-0.1, -0.05) is 54.8 Å². The number of benzene rings is 1. The van der Waals surface area contributed by atoms with Crippen molar-refractivity contribution in [3.8, 4) is 11.1 Å². The number of hydrogen-bond acceptors (Lipinski definition) is 3. The van der Waals surface area contributed by atoms with Gasteiger partial charge in [-0.3, -0.25) is 0 Å². The van der Waals surface area contributed by atoms with Crippen molar-refractivity contribution in [2.24, 2.45) is 0 Å². The van der Waals surface area contributed by atoms with Crippen LogP contribution < -0.4 is 5.73 Å². The van der Waals surface area contributed by atoms with E-state index in [1.165, 1.54) is 18.4 Å². The number of unbranched alkanes of at least 4 members (excludes halogenated alkanes) is 2. The normalized spacial score (nSPS) is 10.8. The van der Waals surface area contributed by atoms with E-state index in [2.05, 4.69) is 37.2 Å². The number of nitrogens with two attached hydrogens (primary N) is 1. The van der Waals surface area contributed by atoms with Crippen molar-refractivity contribution in [1.29, 1.82) is 0 Å². The summed E-state index contributed by atoms with van der Waals surface area (Å²) in [4.78, 5) is 0. The largest absolute Gasteiger partial charge is 0.380 e. The van der Waals surface area contributed by atoms with E-state index in [0.29, 0.717) is 5.82 Å². The van der Waals surface area contributed by atoms with Crippen LogP contribution in [-0.2, 0) is 6.42 Å². The van der Waals surface area contributed by atoms with Crippen LogP contribution in [0.1, 0.15) is 37.5 Å². The minimum atomic E-state index is 0.493. The molecule has 1 aromatic heterocycles. The highest BCUT2D eigenvalue weighted by Gasteiger charge is 2.15. The van der Waals surface area contributed by atoms with Crippen LogP contribution in [0.3, 0.4) is 0 Å². The molecule has 0 radical (unpaired) electrons. The summed E-state index contributed by atoms with van der Waals surface area (Å²) >= 11 is 0. The summed E-state index contributed by atoms with van der Waals surface area (Å²) < 4.78 is 5.36.